The van der Waals surface area contributed by atoms with Crippen molar-refractivity contribution >= 4 is 22.7 Å². The van der Waals surface area contributed by atoms with Crippen molar-refractivity contribution in [2.45, 2.75) is 13.8 Å². The lowest BCUT2D eigenvalue weighted by atomic mass is 10.1. The molecule has 3 aromatic rings. The third kappa shape index (κ3) is 4.09. The van der Waals surface area contributed by atoms with Crippen LogP contribution >= 0.6 is 0 Å². The Morgan fingerprint density at radius 2 is 0.962 bits per heavy atom. The molecule has 0 spiro atoms. The van der Waals surface area contributed by atoms with Crippen molar-refractivity contribution in [2.75, 3.05) is 23.8 Å². The average Bonchev–Trinajstić information content (AvgIpc) is 2.67. The van der Waals surface area contributed by atoms with Crippen LogP contribution < -0.4 is 20.1 Å². The van der Waals surface area contributed by atoms with E-state index >= 15 is 0 Å². The minimum absolute atomic E-state index is 0.653. The molecule has 0 radical (unpaired) electrons. The Morgan fingerprint density at radius 3 is 1.31 bits per heavy atom. The van der Waals surface area contributed by atoms with Gasteiger partial charge in [-0.25, -0.2) is 0 Å². The molecule has 0 heterocycles. The third-order valence-corrected chi connectivity index (χ3v) is 3.96. The fraction of sp³-hybridized carbons (Fsp3) is 0.182. The molecule has 134 valence electrons. The standard InChI is InChI=1S/C22H24N2O2/c1-3-25-21-13-9-19(10-14-21)24(18-7-5-17(23)6-8-18)20-11-15-22(16-12-20)26-4-2/h5-16H,3-4,23H2,1-2H3. The molecule has 0 saturated heterocycles. The Hall–Kier alpha value is -3.14. The number of nitrogen functional groups attached to an aromatic ring is 1. The second-order valence-corrected chi connectivity index (χ2v) is 5.78. The van der Waals surface area contributed by atoms with Gasteiger partial charge in [-0.05, 0) is 86.6 Å². The lowest BCUT2D eigenvalue weighted by molar-refractivity contribution is 0.340. The molecular weight excluding hydrogens is 324 g/mol. The first-order valence-corrected chi connectivity index (χ1v) is 8.82. The molecule has 3 aromatic carbocycles. The number of rotatable bonds is 7. The molecule has 0 aliphatic heterocycles. The van der Waals surface area contributed by atoms with E-state index in [0.717, 1.165) is 34.2 Å². The maximum atomic E-state index is 5.86. The van der Waals surface area contributed by atoms with Crippen molar-refractivity contribution in [3.8, 4) is 11.5 Å². The van der Waals surface area contributed by atoms with Gasteiger partial charge in [-0.3, -0.25) is 0 Å². The summed E-state index contributed by atoms with van der Waals surface area (Å²) in [5.74, 6) is 1.72. The molecule has 0 unspecified atom stereocenters. The number of nitrogens with zero attached hydrogens (tertiary/aromatic N) is 1. The zero-order valence-corrected chi connectivity index (χ0v) is 15.2. The largest absolute Gasteiger partial charge is 0.494 e. The quantitative estimate of drug-likeness (QED) is 0.570. The van der Waals surface area contributed by atoms with E-state index in [1.807, 2.05) is 62.4 Å². The Balaban J connectivity index is 1.99. The second kappa shape index (κ2) is 8.30. The fourth-order valence-corrected chi connectivity index (χ4v) is 2.79. The summed E-state index contributed by atoms with van der Waals surface area (Å²) in [5, 5.41) is 0. The predicted molar refractivity (Wildman–Crippen MR) is 108 cm³/mol. The van der Waals surface area contributed by atoms with Crippen molar-refractivity contribution in [1.82, 2.24) is 0 Å². The SMILES string of the molecule is CCOc1ccc(N(c2ccc(N)cc2)c2ccc(OCC)cc2)cc1. The molecule has 3 rings (SSSR count). The van der Waals surface area contributed by atoms with Gasteiger partial charge in [0, 0.05) is 22.7 Å². The first-order valence-electron chi connectivity index (χ1n) is 8.82. The monoisotopic (exact) mass is 348 g/mol. The van der Waals surface area contributed by atoms with Crippen LogP contribution in [0.4, 0.5) is 22.7 Å². The van der Waals surface area contributed by atoms with Crippen LogP contribution in [-0.2, 0) is 0 Å². The van der Waals surface area contributed by atoms with Gasteiger partial charge in [-0.15, -0.1) is 0 Å². The number of ether oxygens (including phenoxy) is 2. The molecule has 0 aromatic heterocycles. The zero-order chi connectivity index (χ0) is 18.4. The van der Waals surface area contributed by atoms with Gasteiger partial charge in [0.15, 0.2) is 0 Å². The van der Waals surface area contributed by atoms with Gasteiger partial charge in [0.05, 0.1) is 13.2 Å². The van der Waals surface area contributed by atoms with E-state index < -0.39 is 0 Å². The fourth-order valence-electron chi connectivity index (χ4n) is 2.79. The number of nitrogens with two attached hydrogens (primary N) is 1. The number of anilines is 4. The molecule has 0 bridgehead atoms. The third-order valence-electron chi connectivity index (χ3n) is 3.96. The molecule has 0 amide bonds. The van der Waals surface area contributed by atoms with Crippen LogP contribution in [-0.4, -0.2) is 13.2 Å². The molecule has 4 heteroatoms. The Morgan fingerprint density at radius 1 is 0.615 bits per heavy atom. The molecule has 4 nitrogen and oxygen atoms in total. The maximum Gasteiger partial charge on any atom is 0.119 e. The van der Waals surface area contributed by atoms with E-state index in [0.29, 0.717) is 13.2 Å². The molecular formula is C22H24N2O2. The van der Waals surface area contributed by atoms with Gasteiger partial charge in [0.25, 0.3) is 0 Å². The molecule has 0 fully saturated rings. The number of hydrogen-bond acceptors (Lipinski definition) is 4. The molecule has 0 atom stereocenters. The number of benzene rings is 3. The summed E-state index contributed by atoms with van der Waals surface area (Å²) < 4.78 is 11.1. The smallest absolute Gasteiger partial charge is 0.119 e. The highest BCUT2D eigenvalue weighted by atomic mass is 16.5. The zero-order valence-electron chi connectivity index (χ0n) is 15.2. The molecule has 0 saturated carbocycles. The lowest BCUT2D eigenvalue weighted by Gasteiger charge is -2.26. The van der Waals surface area contributed by atoms with Crippen LogP contribution in [0, 0.1) is 0 Å². The minimum Gasteiger partial charge on any atom is -0.494 e. The summed E-state index contributed by atoms with van der Waals surface area (Å²) in [4.78, 5) is 2.17. The van der Waals surface area contributed by atoms with E-state index in [4.69, 9.17) is 15.2 Å². The normalized spacial score (nSPS) is 10.4. The van der Waals surface area contributed by atoms with Crippen molar-refractivity contribution < 1.29 is 9.47 Å². The van der Waals surface area contributed by atoms with Gasteiger partial charge in [-0.2, -0.15) is 0 Å². The highest BCUT2D eigenvalue weighted by Gasteiger charge is 2.12. The maximum absolute atomic E-state index is 5.86. The molecule has 2 N–H and O–H groups in total. The Labute approximate surface area is 154 Å². The first kappa shape index (κ1) is 17.7. The predicted octanol–water partition coefficient (Wildman–Crippen LogP) is 5.54. The van der Waals surface area contributed by atoms with E-state index in [1.165, 1.54) is 0 Å². The Bertz CT molecular complexity index is 763. The van der Waals surface area contributed by atoms with Gasteiger partial charge in [0.1, 0.15) is 11.5 Å². The van der Waals surface area contributed by atoms with Crippen LogP contribution in [0.25, 0.3) is 0 Å². The summed E-state index contributed by atoms with van der Waals surface area (Å²) in [6, 6.07) is 24.0. The van der Waals surface area contributed by atoms with E-state index in [2.05, 4.69) is 29.2 Å². The summed E-state index contributed by atoms with van der Waals surface area (Å²) in [6.07, 6.45) is 0. The second-order valence-electron chi connectivity index (χ2n) is 5.78. The van der Waals surface area contributed by atoms with Gasteiger partial charge >= 0.3 is 0 Å². The lowest BCUT2D eigenvalue weighted by Crippen LogP contribution is -2.10. The van der Waals surface area contributed by atoms with Crippen LogP contribution in [0.15, 0.2) is 72.8 Å². The van der Waals surface area contributed by atoms with Crippen molar-refractivity contribution in [3.05, 3.63) is 72.8 Å². The van der Waals surface area contributed by atoms with Crippen LogP contribution in [0.2, 0.25) is 0 Å². The molecule has 0 aliphatic carbocycles. The van der Waals surface area contributed by atoms with Gasteiger partial charge in [-0.1, -0.05) is 0 Å². The van der Waals surface area contributed by atoms with Crippen molar-refractivity contribution in [3.63, 3.8) is 0 Å². The van der Waals surface area contributed by atoms with E-state index in [9.17, 15) is 0 Å². The Kier molecular flexibility index (Phi) is 5.64. The topological polar surface area (TPSA) is 47.7 Å². The summed E-state index contributed by atoms with van der Waals surface area (Å²) in [5.41, 5.74) is 9.72. The molecule has 0 aliphatic rings. The highest BCUT2D eigenvalue weighted by molar-refractivity contribution is 5.77. The summed E-state index contributed by atoms with van der Waals surface area (Å²) in [7, 11) is 0. The van der Waals surface area contributed by atoms with Crippen LogP contribution in [0.1, 0.15) is 13.8 Å². The van der Waals surface area contributed by atoms with Gasteiger partial charge < -0.3 is 20.1 Å². The van der Waals surface area contributed by atoms with E-state index in [-0.39, 0.29) is 0 Å². The summed E-state index contributed by atoms with van der Waals surface area (Å²) >= 11 is 0. The van der Waals surface area contributed by atoms with Gasteiger partial charge in [0.2, 0.25) is 0 Å². The minimum atomic E-state index is 0.653. The first-order chi connectivity index (χ1) is 12.7. The number of hydrogen-bond donors (Lipinski definition) is 1. The van der Waals surface area contributed by atoms with Crippen LogP contribution in [0.3, 0.4) is 0 Å². The molecule has 26 heavy (non-hydrogen) atoms. The highest BCUT2D eigenvalue weighted by Crippen LogP contribution is 2.36. The van der Waals surface area contributed by atoms with E-state index in [1.54, 1.807) is 0 Å². The van der Waals surface area contributed by atoms with Crippen molar-refractivity contribution in [2.24, 2.45) is 0 Å². The summed E-state index contributed by atoms with van der Waals surface area (Å²) in [6.45, 7) is 5.27. The van der Waals surface area contributed by atoms with Crippen LogP contribution in [0.5, 0.6) is 11.5 Å². The average molecular weight is 348 g/mol. The van der Waals surface area contributed by atoms with Crippen molar-refractivity contribution in [1.29, 1.82) is 0 Å².